The smallest absolute Gasteiger partial charge is 0.303 e. The molecule has 2 saturated heterocycles. The fourth-order valence-corrected chi connectivity index (χ4v) is 6.38. The van der Waals surface area contributed by atoms with E-state index in [-0.39, 0.29) is 18.1 Å². The second-order valence-electron chi connectivity index (χ2n) is 11.1. The van der Waals surface area contributed by atoms with Crippen LogP contribution in [0.3, 0.4) is 0 Å². The molecule has 0 aromatic heterocycles. The fraction of sp³-hybridized carbons (Fsp3) is 0.667. The Morgan fingerprint density at radius 3 is 2.24 bits per heavy atom. The number of hydrogen-bond donors (Lipinski definition) is 1. The zero-order chi connectivity index (χ0) is 30.6. The number of likely N-dealkylation sites (tertiary alicyclic amines) is 1. The Balaban J connectivity index is 1.66. The number of hydrogen-bond acceptors (Lipinski definition) is 12. The Bertz CT molecular complexity index is 1170. The van der Waals surface area contributed by atoms with Crippen molar-refractivity contribution >= 4 is 23.9 Å². The summed E-state index contributed by atoms with van der Waals surface area (Å²) in [6.45, 7) is 8.61. The van der Waals surface area contributed by atoms with E-state index in [0.717, 1.165) is 70.7 Å². The number of phenols is 1. The van der Waals surface area contributed by atoms with Crippen molar-refractivity contribution in [2.75, 3.05) is 19.7 Å². The zero-order valence-corrected chi connectivity index (χ0v) is 24.8. The highest BCUT2D eigenvalue weighted by molar-refractivity contribution is 5.68. The average molecular weight is 592 g/mol. The quantitative estimate of drug-likeness (QED) is 0.332. The van der Waals surface area contributed by atoms with Gasteiger partial charge in [-0.2, -0.15) is 0 Å². The van der Waals surface area contributed by atoms with Gasteiger partial charge in [-0.05, 0) is 62.7 Å². The van der Waals surface area contributed by atoms with Crippen molar-refractivity contribution in [1.82, 2.24) is 4.90 Å². The topological polar surface area (TPSA) is 147 Å². The van der Waals surface area contributed by atoms with Gasteiger partial charge in [0.15, 0.2) is 23.7 Å². The molecule has 0 amide bonds. The molecular weight excluding hydrogens is 550 g/mol. The minimum absolute atomic E-state index is 0.0357. The van der Waals surface area contributed by atoms with Crippen molar-refractivity contribution in [3.05, 3.63) is 23.3 Å². The minimum Gasteiger partial charge on any atom is -0.504 e. The summed E-state index contributed by atoms with van der Waals surface area (Å²) >= 11 is 0. The van der Waals surface area contributed by atoms with Gasteiger partial charge in [-0.3, -0.25) is 24.1 Å². The summed E-state index contributed by atoms with van der Waals surface area (Å²) in [5.74, 6) is -2.35. The number of fused-ring (bicyclic) bond motifs is 2. The van der Waals surface area contributed by atoms with Crippen molar-refractivity contribution in [2.24, 2.45) is 5.92 Å². The molecule has 42 heavy (non-hydrogen) atoms. The number of benzene rings is 1. The highest BCUT2D eigenvalue weighted by atomic mass is 16.7. The second-order valence-corrected chi connectivity index (χ2v) is 11.1. The number of carbonyl (C=O) groups is 4. The Hall–Kier alpha value is -3.38. The summed E-state index contributed by atoms with van der Waals surface area (Å²) in [6.07, 6.45) is -1.80. The molecule has 2 aliphatic heterocycles. The molecule has 0 spiro atoms. The third-order valence-corrected chi connectivity index (χ3v) is 7.97. The predicted molar refractivity (Wildman–Crippen MR) is 146 cm³/mol. The highest BCUT2D eigenvalue weighted by Crippen LogP contribution is 2.43. The summed E-state index contributed by atoms with van der Waals surface area (Å²) in [7, 11) is 0. The van der Waals surface area contributed by atoms with Crippen LogP contribution in [0.1, 0.15) is 65.0 Å². The Morgan fingerprint density at radius 2 is 1.60 bits per heavy atom. The van der Waals surface area contributed by atoms with Crippen LogP contribution in [-0.4, -0.2) is 90.3 Å². The van der Waals surface area contributed by atoms with Crippen LogP contribution in [0.2, 0.25) is 0 Å². The molecule has 1 N–H and O–H groups in total. The van der Waals surface area contributed by atoms with Gasteiger partial charge in [-0.15, -0.1) is 0 Å². The summed E-state index contributed by atoms with van der Waals surface area (Å²) < 4.78 is 33.7. The molecule has 0 radical (unpaired) electrons. The van der Waals surface area contributed by atoms with Crippen LogP contribution >= 0.6 is 0 Å². The third-order valence-electron chi connectivity index (χ3n) is 7.97. The molecule has 1 aliphatic carbocycles. The number of esters is 4. The molecule has 2 fully saturated rings. The van der Waals surface area contributed by atoms with E-state index in [1.165, 1.54) is 6.92 Å². The van der Waals surface area contributed by atoms with Gasteiger partial charge in [0, 0.05) is 39.3 Å². The van der Waals surface area contributed by atoms with Crippen molar-refractivity contribution in [2.45, 2.75) is 103 Å². The zero-order valence-electron chi connectivity index (χ0n) is 24.8. The van der Waals surface area contributed by atoms with Crippen molar-refractivity contribution in [3.8, 4) is 11.5 Å². The maximum atomic E-state index is 12.1. The van der Waals surface area contributed by atoms with Crippen molar-refractivity contribution < 1.29 is 52.7 Å². The molecule has 2 heterocycles. The van der Waals surface area contributed by atoms with Gasteiger partial charge in [-0.25, -0.2) is 0 Å². The largest absolute Gasteiger partial charge is 0.504 e. The Labute approximate surface area is 245 Å². The third kappa shape index (κ3) is 7.33. The lowest BCUT2D eigenvalue weighted by Gasteiger charge is -2.45. The van der Waals surface area contributed by atoms with E-state index in [1.54, 1.807) is 6.07 Å². The van der Waals surface area contributed by atoms with Crippen LogP contribution in [0.5, 0.6) is 11.5 Å². The number of aromatic hydroxyl groups is 1. The Morgan fingerprint density at radius 1 is 0.929 bits per heavy atom. The molecule has 0 bridgehead atoms. The van der Waals surface area contributed by atoms with Gasteiger partial charge in [0.25, 0.3) is 0 Å². The van der Waals surface area contributed by atoms with Gasteiger partial charge in [0.2, 0.25) is 12.4 Å². The number of rotatable bonds is 9. The van der Waals surface area contributed by atoms with E-state index in [4.69, 9.17) is 28.4 Å². The molecule has 4 rings (SSSR count). The highest BCUT2D eigenvalue weighted by Gasteiger charge is 2.53. The van der Waals surface area contributed by atoms with Crippen LogP contribution in [-0.2, 0) is 55.7 Å². The number of piperidine rings is 1. The van der Waals surface area contributed by atoms with Gasteiger partial charge in [0.05, 0.1) is 0 Å². The molecule has 0 saturated carbocycles. The molecule has 0 unspecified atom stereocenters. The molecule has 232 valence electrons. The van der Waals surface area contributed by atoms with Crippen molar-refractivity contribution in [3.63, 3.8) is 0 Å². The van der Waals surface area contributed by atoms with E-state index in [1.807, 2.05) is 6.07 Å². The first-order valence-corrected chi connectivity index (χ1v) is 14.5. The maximum absolute atomic E-state index is 12.1. The molecule has 1 aromatic rings. The van der Waals surface area contributed by atoms with Crippen LogP contribution in [0.4, 0.5) is 0 Å². The van der Waals surface area contributed by atoms with E-state index in [0.29, 0.717) is 18.4 Å². The number of ether oxygens (including phenoxy) is 6. The molecule has 12 nitrogen and oxygen atoms in total. The first-order valence-electron chi connectivity index (χ1n) is 14.5. The van der Waals surface area contributed by atoms with Crippen LogP contribution in [0, 0.1) is 5.92 Å². The molecule has 12 heteroatoms. The fourth-order valence-electron chi connectivity index (χ4n) is 6.38. The summed E-state index contributed by atoms with van der Waals surface area (Å²) in [4.78, 5) is 50.3. The number of phenolic OH excluding ortho intramolecular Hbond substituents is 1. The average Bonchev–Trinajstić information content (AvgIpc) is 2.91. The van der Waals surface area contributed by atoms with E-state index in [2.05, 4.69) is 11.8 Å². The lowest BCUT2D eigenvalue weighted by molar-refractivity contribution is -0.288. The minimum atomic E-state index is -1.42. The van der Waals surface area contributed by atoms with Gasteiger partial charge < -0.3 is 33.5 Å². The van der Waals surface area contributed by atoms with Crippen LogP contribution in [0.15, 0.2) is 12.1 Å². The SMILES string of the molecule is CCCN1CCC[C@@H]2Cc3c(ccc(O[C@@H]4O[C@H](COC(C)=O)[C@@H](OC(C)=O)[C@H](OC(C)=O)[C@H]4OC(C)=O)c3O)C[C@H]21. The first-order chi connectivity index (χ1) is 20.0. The predicted octanol–water partition coefficient (Wildman–Crippen LogP) is 2.44. The molecule has 1 aromatic carbocycles. The van der Waals surface area contributed by atoms with Gasteiger partial charge in [0.1, 0.15) is 12.7 Å². The molecule has 7 atom stereocenters. The number of carbonyl (C=O) groups excluding carboxylic acids is 4. The van der Waals surface area contributed by atoms with Gasteiger partial charge >= 0.3 is 23.9 Å². The summed E-state index contributed by atoms with van der Waals surface area (Å²) in [5, 5.41) is 11.4. The van der Waals surface area contributed by atoms with Crippen LogP contribution in [0.25, 0.3) is 0 Å². The standard InChI is InChI=1S/C30H41NO11/c1-6-11-31-12-7-8-21-13-22-20(14-23(21)31)9-10-24(26(22)36)41-30-29(40-19(5)35)28(39-18(4)34)27(38-17(3)33)25(42-30)15-37-16(2)32/h9-10,21,23,25,27-30,36H,6-8,11-15H2,1-5H3/t21-,23-,25-,27-,28+,29-,30-/m1/s1. The lowest BCUT2D eigenvalue weighted by atomic mass is 9.75. The number of nitrogens with zero attached hydrogens (tertiary/aromatic N) is 1. The van der Waals surface area contributed by atoms with E-state index in [9.17, 15) is 24.3 Å². The maximum Gasteiger partial charge on any atom is 0.303 e. The van der Waals surface area contributed by atoms with E-state index < -0.39 is 54.6 Å². The molecular formula is C30H41NO11. The van der Waals surface area contributed by atoms with Crippen LogP contribution < -0.4 is 4.74 Å². The summed E-state index contributed by atoms with van der Waals surface area (Å²) in [6, 6.07) is 3.98. The monoisotopic (exact) mass is 591 g/mol. The second kappa shape index (κ2) is 13.7. The van der Waals surface area contributed by atoms with E-state index >= 15 is 0 Å². The van der Waals surface area contributed by atoms with Gasteiger partial charge in [-0.1, -0.05) is 13.0 Å². The first kappa shape index (κ1) is 31.6. The normalized spacial score (nSPS) is 28.9. The molecule has 3 aliphatic rings. The lowest BCUT2D eigenvalue weighted by Crippen LogP contribution is -2.63. The Kier molecular flexibility index (Phi) is 10.3. The summed E-state index contributed by atoms with van der Waals surface area (Å²) in [5.41, 5.74) is 1.85. The van der Waals surface area contributed by atoms with Crippen molar-refractivity contribution in [1.29, 1.82) is 0 Å².